The molecule has 0 unspecified atom stereocenters. The minimum atomic E-state index is 0. The van der Waals surface area contributed by atoms with Crippen molar-refractivity contribution in [3.63, 3.8) is 0 Å². The van der Waals surface area contributed by atoms with E-state index in [4.69, 9.17) is 0 Å². The second-order valence-corrected chi connectivity index (χ2v) is 5.72. The van der Waals surface area contributed by atoms with Crippen LogP contribution in [-0.2, 0) is 6.54 Å². The van der Waals surface area contributed by atoms with Gasteiger partial charge in [-0.2, -0.15) is 4.57 Å². The van der Waals surface area contributed by atoms with Gasteiger partial charge in [-0.3, -0.25) is 4.79 Å². The lowest BCUT2D eigenvalue weighted by atomic mass is 10.1. The molecule has 3 aromatic rings. The van der Waals surface area contributed by atoms with Crippen LogP contribution < -0.4 is 21.5 Å². The molecule has 122 valence electrons. The second-order valence-electron chi connectivity index (χ2n) is 5.72. The van der Waals surface area contributed by atoms with E-state index in [1.807, 2.05) is 73.1 Å². The number of hydrogen-bond donors (Lipinski definition) is 0. The van der Waals surface area contributed by atoms with Crippen molar-refractivity contribution in [2.24, 2.45) is 0 Å². The van der Waals surface area contributed by atoms with Gasteiger partial charge in [-0.1, -0.05) is 30.3 Å². The fourth-order valence-corrected chi connectivity index (χ4v) is 2.54. The van der Waals surface area contributed by atoms with Crippen LogP contribution in [0.15, 0.2) is 67.0 Å². The van der Waals surface area contributed by atoms with Gasteiger partial charge in [-0.25, -0.2) is 4.98 Å². The number of carbonyl (C=O) groups excluding carboxylic acids is 1. The molecular formula is C20H19BrN2O. The van der Waals surface area contributed by atoms with Crippen LogP contribution in [0.2, 0.25) is 0 Å². The minimum absolute atomic E-state index is 0. The quantitative estimate of drug-likeness (QED) is 0.487. The van der Waals surface area contributed by atoms with E-state index in [9.17, 15) is 4.79 Å². The summed E-state index contributed by atoms with van der Waals surface area (Å²) in [5, 5.41) is 0. The number of carbonyl (C=O) groups is 1. The molecule has 0 aliphatic carbocycles. The molecule has 0 bridgehead atoms. The van der Waals surface area contributed by atoms with E-state index in [-0.39, 0.29) is 22.8 Å². The molecule has 0 aliphatic heterocycles. The first-order valence-electron chi connectivity index (χ1n) is 7.65. The van der Waals surface area contributed by atoms with Gasteiger partial charge in [0.2, 0.25) is 18.0 Å². The number of nitrogens with zero attached hydrogens (tertiary/aromatic N) is 2. The Morgan fingerprint density at radius 1 is 1.00 bits per heavy atom. The van der Waals surface area contributed by atoms with Crippen LogP contribution in [0, 0.1) is 13.8 Å². The monoisotopic (exact) mass is 382 g/mol. The number of benzene rings is 1. The lowest BCUT2D eigenvalue weighted by molar-refractivity contribution is -0.672. The molecule has 4 heteroatoms. The molecule has 0 saturated carbocycles. The average molecular weight is 383 g/mol. The van der Waals surface area contributed by atoms with Gasteiger partial charge < -0.3 is 17.0 Å². The van der Waals surface area contributed by atoms with Crippen LogP contribution in [0.3, 0.4) is 0 Å². The first-order valence-corrected chi connectivity index (χ1v) is 7.65. The Bertz CT molecular complexity index is 847. The number of pyridine rings is 2. The maximum absolute atomic E-state index is 12.5. The van der Waals surface area contributed by atoms with E-state index in [1.54, 1.807) is 6.20 Å². The van der Waals surface area contributed by atoms with E-state index in [2.05, 4.69) is 11.1 Å². The van der Waals surface area contributed by atoms with Crippen LogP contribution in [0.1, 0.15) is 21.5 Å². The highest BCUT2D eigenvalue weighted by Crippen LogP contribution is 2.15. The van der Waals surface area contributed by atoms with E-state index >= 15 is 0 Å². The predicted octanol–water partition coefficient (Wildman–Crippen LogP) is 0.540. The zero-order valence-corrected chi connectivity index (χ0v) is 15.3. The Hall–Kier alpha value is -2.33. The van der Waals surface area contributed by atoms with E-state index in [0.717, 1.165) is 28.1 Å². The smallest absolute Gasteiger partial charge is 0.231 e. The summed E-state index contributed by atoms with van der Waals surface area (Å²) < 4.78 is 1.96. The van der Waals surface area contributed by atoms with Crippen LogP contribution in [0.4, 0.5) is 0 Å². The summed E-state index contributed by atoms with van der Waals surface area (Å²) in [6.45, 7) is 4.39. The Kier molecular flexibility index (Phi) is 5.99. The van der Waals surface area contributed by atoms with Crippen molar-refractivity contribution in [3.8, 4) is 11.4 Å². The number of aromatic nitrogens is 2. The Morgan fingerprint density at radius 2 is 1.71 bits per heavy atom. The zero-order chi connectivity index (χ0) is 16.2. The standard InChI is InChI=1S/C20H19N2O.BrH/c1-15-8-10-21-18(12-15)19-13-16(2)9-11-22(19)14-20(23)17-6-4-3-5-7-17;/h3-13H,14H2,1-2H3;1H/q+1;/p-1. The van der Waals surface area contributed by atoms with Gasteiger partial charge in [0.25, 0.3) is 0 Å². The molecule has 0 saturated heterocycles. The Labute approximate surface area is 152 Å². The van der Waals surface area contributed by atoms with E-state index in [0.29, 0.717) is 6.54 Å². The maximum Gasteiger partial charge on any atom is 0.231 e. The van der Waals surface area contributed by atoms with Crippen LogP contribution in [-0.4, -0.2) is 10.8 Å². The lowest BCUT2D eigenvalue weighted by Gasteiger charge is -2.05. The third-order valence-electron chi connectivity index (χ3n) is 3.78. The topological polar surface area (TPSA) is 33.8 Å². The summed E-state index contributed by atoms with van der Waals surface area (Å²) in [5.41, 5.74) is 4.86. The van der Waals surface area contributed by atoms with Gasteiger partial charge in [0.1, 0.15) is 5.69 Å². The summed E-state index contributed by atoms with van der Waals surface area (Å²) in [7, 11) is 0. The molecule has 1 aromatic carbocycles. The van der Waals surface area contributed by atoms with Gasteiger partial charge in [0.05, 0.1) is 0 Å². The fraction of sp³-hybridized carbons (Fsp3) is 0.150. The van der Waals surface area contributed by atoms with Gasteiger partial charge in [0, 0.05) is 23.9 Å². The third kappa shape index (κ3) is 4.15. The van der Waals surface area contributed by atoms with Gasteiger partial charge in [-0.15, -0.1) is 0 Å². The molecule has 3 rings (SSSR count). The van der Waals surface area contributed by atoms with E-state index in [1.165, 1.54) is 0 Å². The van der Waals surface area contributed by atoms with Crippen molar-refractivity contribution in [3.05, 3.63) is 83.7 Å². The van der Waals surface area contributed by atoms with Gasteiger partial charge in [-0.05, 0) is 37.1 Å². The summed E-state index contributed by atoms with van der Waals surface area (Å²) >= 11 is 0. The first kappa shape index (κ1) is 18.0. The molecule has 24 heavy (non-hydrogen) atoms. The molecule has 3 nitrogen and oxygen atoms in total. The molecule has 0 fully saturated rings. The maximum atomic E-state index is 12.5. The molecule has 0 radical (unpaired) electrons. The van der Waals surface area contributed by atoms with Crippen molar-refractivity contribution < 1.29 is 26.3 Å². The normalized spacial score (nSPS) is 10.1. The third-order valence-corrected chi connectivity index (χ3v) is 3.78. The number of halogens is 1. The molecule has 2 aromatic heterocycles. The molecule has 0 spiro atoms. The predicted molar refractivity (Wildman–Crippen MR) is 90.1 cm³/mol. The highest BCUT2D eigenvalue weighted by Gasteiger charge is 2.19. The van der Waals surface area contributed by atoms with Crippen molar-refractivity contribution in [2.45, 2.75) is 20.4 Å². The van der Waals surface area contributed by atoms with Crippen molar-refractivity contribution in [1.29, 1.82) is 0 Å². The van der Waals surface area contributed by atoms with Crippen LogP contribution in [0.25, 0.3) is 11.4 Å². The summed E-state index contributed by atoms with van der Waals surface area (Å²) in [5.74, 6) is 0.0911. The Morgan fingerprint density at radius 3 is 2.42 bits per heavy atom. The first-order chi connectivity index (χ1) is 11.1. The fourth-order valence-electron chi connectivity index (χ4n) is 2.54. The summed E-state index contributed by atoms with van der Waals surface area (Å²) in [6, 6.07) is 17.5. The number of aryl methyl sites for hydroxylation is 2. The largest absolute Gasteiger partial charge is 1.00 e. The average Bonchev–Trinajstić information content (AvgIpc) is 2.57. The van der Waals surface area contributed by atoms with Crippen molar-refractivity contribution in [2.75, 3.05) is 0 Å². The zero-order valence-electron chi connectivity index (χ0n) is 13.7. The van der Waals surface area contributed by atoms with Gasteiger partial charge >= 0.3 is 0 Å². The second kappa shape index (κ2) is 7.97. The van der Waals surface area contributed by atoms with Crippen LogP contribution >= 0.6 is 0 Å². The molecular weight excluding hydrogens is 364 g/mol. The molecule has 2 heterocycles. The summed E-state index contributed by atoms with van der Waals surface area (Å²) in [6.07, 6.45) is 3.76. The highest BCUT2D eigenvalue weighted by molar-refractivity contribution is 5.95. The van der Waals surface area contributed by atoms with E-state index < -0.39 is 0 Å². The number of ketones is 1. The highest BCUT2D eigenvalue weighted by atomic mass is 79.9. The summed E-state index contributed by atoms with van der Waals surface area (Å²) in [4.78, 5) is 17.0. The van der Waals surface area contributed by atoms with Crippen LogP contribution in [0.5, 0.6) is 0 Å². The van der Waals surface area contributed by atoms with Gasteiger partial charge in [0.15, 0.2) is 6.20 Å². The number of Topliss-reactive ketones (excluding diaryl/α,β-unsaturated/α-hetero) is 1. The number of rotatable bonds is 4. The minimum Gasteiger partial charge on any atom is -1.00 e. The van der Waals surface area contributed by atoms with Crippen molar-refractivity contribution in [1.82, 2.24) is 4.98 Å². The molecule has 0 aliphatic rings. The molecule has 0 amide bonds. The Balaban J connectivity index is 0.00000208. The molecule has 0 atom stereocenters. The number of hydrogen-bond acceptors (Lipinski definition) is 2. The van der Waals surface area contributed by atoms with Crippen molar-refractivity contribution >= 4 is 5.78 Å². The lowest BCUT2D eigenvalue weighted by Crippen LogP contribution is -3.00. The molecule has 0 N–H and O–H groups in total. The SMILES string of the molecule is Cc1ccnc(-c2cc(C)cc[n+]2CC(=O)c2ccccc2)c1.[Br-].